The van der Waals surface area contributed by atoms with Gasteiger partial charge in [-0.15, -0.1) is 11.3 Å². The third-order valence-corrected chi connectivity index (χ3v) is 4.31. The number of benzene rings is 1. The first kappa shape index (κ1) is 17.8. The van der Waals surface area contributed by atoms with Crippen LogP contribution in [0.15, 0.2) is 29.6 Å². The lowest BCUT2D eigenvalue weighted by molar-refractivity contribution is -0.116. The Hall–Kier alpha value is -2.54. The average Bonchev–Trinajstić information content (AvgIpc) is 3.06. The highest BCUT2D eigenvalue weighted by Crippen LogP contribution is 2.31. The van der Waals surface area contributed by atoms with E-state index in [0.717, 1.165) is 5.56 Å². The van der Waals surface area contributed by atoms with Crippen LogP contribution in [0.4, 0.5) is 5.69 Å². The number of thiophene rings is 1. The molecule has 2 rings (SSSR count). The summed E-state index contributed by atoms with van der Waals surface area (Å²) in [6.07, 6.45) is 0.740. The predicted molar refractivity (Wildman–Crippen MR) is 92.2 cm³/mol. The number of esters is 1. The first-order chi connectivity index (χ1) is 11.6. The zero-order valence-corrected chi connectivity index (χ0v) is 14.6. The number of para-hydroxylation sites is 1. The molecular weight excluding hydrogens is 330 g/mol. The fourth-order valence-corrected chi connectivity index (χ4v) is 3.04. The maximum atomic E-state index is 12.2. The van der Waals surface area contributed by atoms with Gasteiger partial charge in [-0.25, -0.2) is 4.79 Å². The first-order valence-electron chi connectivity index (χ1n) is 7.26. The van der Waals surface area contributed by atoms with Crippen molar-refractivity contribution in [3.8, 4) is 11.5 Å². The molecule has 0 spiro atoms. The summed E-state index contributed by atoms with van der Waals surface area (Å²) in [4.78, 5) is 24.2. The second-order valence-electron chi connectivity index (χ2n) is 4.86. The van der Waals surface area contributed by atoms with Gasteiger partial charge in [0.15, 0.2) is 11.5 Å². The molecule has 1 amide bonds. The van der Waals surface area contributed by atoms with Crippen LogP contribution in [0.2, 0.25) is 0 Å². The number of hydrogen-bond acceptors (Lipinski definition) is 6. The number of methoxy groups -OCH3 is 3. The van der Waals surface area contributed by atoms with Gasteiger partial charge >= 0.3 is 5.97 Å². The Balaban J connectivity index is 2.02. The molecule has 0 fully saturated rings. The molecular formula is C17H19NO5S. The Morgan fingerprint density at radius 3 is 2.58 bits per heavy atom. The topological polar surface area (TPSA) is 73.9 Å². The molecule has 6 nitrogen and oxygen atoms in total. The minimum atomic E-state index is -0.463. The summed E-state index contributed by atoms with van der Waals surface area (Å²) in [6, 6.07) is 7.22. The molecule has 2 aromatic rings. The van der Waals surface area contributed by atoms with E-state index in [1.54, 1.807) is 31.7 Å². The van der Waals surface area contributed by atoms with Gasteiger partial charge in [0.1, 0.15) is 4.88 Å². The molecule has 0 unspecified atom stereocenters. The van der Waals surface area contributed by atoms with Crippen molar-refractivity contribution in [1.29, 1.82) is 0 Å². The minimum absolute atomic E-state index is 0.191. The molecule has 0 aliphatic rings. The number of hydrogen-bond donors (Lipinski definition) is 1. The second kappa shape index (κ2) is 8.35. The summed E-state index contributed by atoms with van der Waals surface area (Å²) in [6.45, 7) is 0. The van der Waals surface area contributed by atoms with Crippen LogP contribution in [0.3, 0.4) is 0 Å². The van der Waals surface area contributed by atoms with Crippen molar-refractivity contribution >= 4 is 28.9 Å². The van der Waals surface area contributed by atoms with Crippen LogP contribution in [-0.4, -0.2) is 33.2 Å². The fraction of sp³-hybridized carbons (Fsp3) is 0.294. The fourth-order valence-electron chi connectivity index (χ4n) is 2.27. The lowest BCUT2D eigenvalue weighted by Gasteiger charge is -2.12. The van der Waals surface area contributed by atoms with Gasteiger partial charge in [-0.05, 0) is 29.5 Å². The van der Waals surface area contributed by atoms with Gasteiger partial charge in [-0.1, -0.05) is 12.1 Å². The molecule has 128 valence electrons. The lowest BCUT2D eigenvalue weighted by atomic mass is 10.1. The molecule has 0 saturated heterocycles. The third kappa shape index (κ3) is 4.05. The van der Waals surface area contributed by atoms with Crippen LogP contribution >= 0.6 is 11.3 Å². The lowest BCUT2D eigenvalue weighted by Crippen LogP contribution is -2.14. The summed E-state index contributed by atoms with van der Waals surface area (Å²) in [5.41, 5.74) is 1.35. The van der Waals surface area contributed by atoms with E-state index in [0.29, 0.717) is 28.5 Å². The molecule has 7 heteroatoms. The maximum absolute atomic E-state index is 12.2. The molecule has 0 radical (unpaired) electrons. The standard InChI is InChI=1S/C17H19NO5S/c1-21-13-6-4-5-11(15(13)22-2)7-8-14(19)18-12-9-10-24-16(12)17(20)23-3/h4-6,9-10H,7-8H2,1-3H3,(H,18,19). The summed E-state index contributed by atoms with van der Waals surface area (Å²) < 4.78 is 15.3. The molecule has 1 aromatic carbocycles. The summed E-state index contributed by atoms with van der Waals surface area (Å²) in [5, 5.41) is 4.47. The number of anilines is 1. The minimum Gasteiger partial charge on any atom is -0.493 e. The third-order valence-electron chi connectivity index (χ3n) is 3.42. The summed E-state index contributed by atoms with van der Waals surface area (Å²) in [5.74, 6) is 0.595. The van der Waals surface area contributed by atoms with E-state index >= 15 is 0 Å². The second-order valence-corrected chi connectivity index (χ2v) is 5.77. The van der Waals surface area contributed by atoms with Gasteiger partial charge < -0.3 is 19.5 Å². The number of rotatable bonds is 7. The number of carbonyl (C=O) groups is 2. The molecule has 0 aliphatic carbocycles. The largest absolute Gasteiger partial charge is 0.493 e. The van der Waals surface area contributed by atoms with Crippen molar-refractivity contribution in [3.05, 3.63) is 40.1 Å². The van der Waals surface area contributed by atoms with Gasteiger partial charge in [-0.2, -0.15) is 0 Å². The zero-order valence-electron chi connectivity index (χ0n) is 13.8. The smallest absolute Gasteiger partial charge is 0.350 e. The van der Waals surface area contributed by atoms with Gasteiger partial charge in [0.25, 0.3) is 0 Å². The van der Waals surface area contributed by atoms with E-state index in [-0.39, 0.29) is 12.3 Å². The predicted octanol–water partition coefficient (Wildman–Crippen LogP) is 3.12. The number of nitrogens with one attached hydrogen (secondary N) is 1. The number of amides is 1. The monoisotopic (exact) mass is 349 g/mol. The molecule has 0 aliphatic heterocycles. The van der Waals surface area contributed by atoms with Crippen molar-refractivity contribution in [2.75, 3.05) is 26.6 Å². The SMILES string of the molecule is COC(=O)c1sccc1NC(=O)CCc1cccc(OC)c1OC. The van der Waals surface area contributed by atoms with E-state index in [1.807, 2.05) is 12.1 Å². The summed E-state index contributed by atoms with van der Waals surface area (Å²) in [7, 11) is 4.44. The van der Waals surface area contributed by atoms with Crippen LogP contribution in [0.25, 0.3) is 0 Å². The molecule has 0 bridgehead atoms. The number of aryl methyl sites for hydroxylation is 1. The van der Waals surface area contributed by atoms with Crippen LogP contribution in [-0.2, 0) is 16.0 Å². The Morgan fingerprint density at radius 2 is 1.92 bits per heavy atom. The highest BCUT2D eigenvalue weighted by Gasteiger charge is 2.16. The van der Waals surface area contributed by atoms with Gasteiger partial charge in [0.2, 0.25) is 5.91 Å². The highest BCUT2D eigenvalue weighted by molar-refractivity contribution is 7.12. The van der Waals surface area contributed by atoms with Crippen molar-refractivity contribution < 1.29 is 23.8 Å². The van der Waals surface area contributed by atoms with Crippen LogP contribution < -0.4 is 14.8 Å². The van der Waals surface area contributed by atoms with Crippen molar-refractivity contribution in [2.24, 2.45) is 0 Å². The number of ether oxygens (including phenoxy) is 3. The molecule has 0 saturated carbocycles. The first-order valence-corrected chi connectivity index (χ1v) is 8.14. The van der Waals surface area contributed by atoms with Gasteiger partial charge in [0, 0.05) is 6.42 Å². The van der Waals surface area contributed by atoms with Crippen LogP contribution in [0, 0.1) is 0 Å². The van der Waals surface area contributed by atoms with E-state index in [9.17, 15) is 9.59 Å². The number of carbonyl (C=O) groups excluding carboxylic acids is 2. The van der Waals surface area contributed by atoms with Crippen LogP contribution in [0.1, 0.15) is 21.7 Å². The van der Waals surface area contributed by atoms with Crippen molar-refractivity contribution in [3.63, 3.8) is 0 Å². The Labute approximate surface area is 144 Å². The van der Waals surface area contributed by atoms with E-state index in [4.69, 9.17) is 14.2 Å². The molecule has 24 heavy (non-hydrogen) atoms. The van der Waals surface area contributed by atoms with E-state index in [1.165, 1.54) is 18.4 Å². The molecule has 0 atom stereocenters. The highest BCUT2D eigenvalue weighted by atomic mass is 32.1. The molecule has 1 N–H and O–H groups in total. The average molecular weight is 349 g/mol. The van der Waals surface area contributed by atoms with Crippen LogP contribution in [0.5, 0.6) is 11.5 Å². The van der Waals surface area contributed by atoms with Gasteiger partial charge in [0.05, 0.1) is 27.0 Å². The van der Waals surface area contributed by atoms with Gasteiger partial charge in [-0.3, -0.25) is 4.79 Å². The zero-order chi connectivity index (χ0) is 17.5. The van der Waals surface area contributed by atoms with E-state index in [2.05, 4.69) is 5.32 Å². The van der Waals surface area contributed by atoms with Crippen molar-refractivity contribution in [1.82, 2.24) is 0 Å². The summed E-state index contributed by atoms with van der Waals surface area (Å²) >= 11 is 1.22. The Bertz CT molecular complexity index is 726. The molecule has 1 aromatic heterocycles. The quantitative estimate of drug-likeness (QED) is 0.778. The van der Waals surface area contributed by atoms with Crippen molar-refractivity contribution in [2.45, 2.75) is 12.8 Å². The molecule has 1 heterocycles. The normalized spacial score (nSPS) is 10.1. The van der Waals surface area contributed by atoms with E-state index < -0.39 is 5.97 Å². The Morgan fingerprint density at radius 1 is 1.12 bits per heavy atom. The Kier molecular flexibility index (Phi) is 6.20. The maximum Gasteiger partial charge on any atom is 0.350 e.